The van der Waals surface area contributed by atoms with Crippen LogP contribution < -0.4 is 10.6 Å². The van der Waals surface area contributed by atoms with Gasteiger partial charge in [0.15, 0.2) is 17.5 Å². The van der Waals surface area contributed by atoms with E-state index in [4.69, 9.17) is 5.73 Å². The smallest absolute Gasteiger partial charge is 0.194 e. The number of hydrogen-bond acceptors (Lipinski definition) is 4. The Bertz CT molecular complexity index is 732. The summed E-state index contributed by atoms with van der Waals surface area (Å²) in [4.78, 5) is 1.66. The first-order valence-corrected chi connectivity index (χ1v) is 7.41. The second-order valence-electron chi connectivity index (χ2n) is 5.37. The number of hydrogen-bond donors (Lipinski definition) is 3. The highest BCUT2D eigenvalue weighted by atomic mass is 19.2. The molecule has 0 radical (unpaired) electrons. The fraction of sp³-hybridized carbons (Fsp3) is 0.294. The van der Waals surface area contributed by atoms with Gasteiger partial charge >= 0.3 is 0 Å². The van der Waals surface area contributed by atoms with Crippen molar-refractivity contribution >= 4 is 11.4 Å². The van der Waals surface area contributed by atoms with Crippen LogP contribution in [0.15, 0.2) is 24.3 Å². The molecule has 0 aromatic heterocycles. The van der Waals surface area contributed by atoms with E-state index in [1.807, 2.05) is 0 Å². The molecule has 0 aliphatic heterocycles. The fourth-order valence-corrected chi connectivity index (χ4v) is 2.61. The number of aliphatic hydroxyl groups excluding tert-OH is 2. The SMILES string of the molecule is Cc1c(-c2cc(N)ccc2N(CCO)CCO)cc(F)c(F)c1F. The molecule has 2 aromatic rings. The van der Waals surface area contributed by atoms with Crippen LogP contribution in [0.3, 0.4) is 0 Å². The van der Waals surface area contributed by atoms with Crippen LogP contribution in [0.1, 0.15) is 5.56 Å². The molecule has 2 rings (SSSR count). The van der Waals surface area contributed by atoms with Crippen molar-refractivity contribution in [2.75, 3.05) is 36.9 Å². The molecule has 0 unspecified atom stereocenters. The zero-order valence-corrected chi connectivity index (χ0v) is 13.2. The van der Waals surface area contributed by atoms with Crippen LogP contribution in [0.5, 0.6) is 0 Å². The van der Waals surface area contributed by atoms with Crippen LogP contribution in [0.2, 0.25) is 0 Å². The Morgan fingerprint density at radius 3 is 2.17 bits per heavy atom. The summed E-state index contributed by atoms with van der Waals surface area (Å²) in [5, 5.41) is 18.4. The lowest BCUT2D eigenvalue weighted by molar-refractivity contribution is 0.281. The summed E-state index contributed by atoms with van der Waals surface area (Å²) in [7, 11) is 0. The number of benzene rings is 2. The molecule has 4 nitrogen and oxygen atoms in total. The summed E-state index contributed by atoms with van der Waals surface area (Å²) in [5.41, 5.74) is 7.20. The van der Waals surface area contributed by atoms with Gasteiger partial charge in [0.1, 0.15) is 0 Å². The van der Waals surface area contributed by atoms with Gasteiger partial charge in [-0.05, 0) is 42.3 Å². The van der Waals surface area contributed by atoms with Gasteiger partial charge in [0, 0.05) is 30.0 Å². The molecular weight excluding hydrogens is 321 g/mol. The summed E-state index contributed by atoms with van der Waals surface area (Å²) in [6.07, 6.45) is 0. The standard InChI is InChI=1S/C17H19F3N2O2/c1-10-12(9-14(18)17(20)16(10)19)13-8-11(21)2-3-15(13)22(4-6-23)5-7-24/h2-3,8-9,23-24H,4-7,21H2,1H3. The van der Waals surface area contributed by atoms with Gasteiger partial charge in [-0.3, -0.25) is 0 Å². The molecule has 0 bridgehead atoms. The minimum absolute atomic E-state index is 0.0475. The van der Waals surface area contributed by atoms with Crippen molar-refractivity contribution < 1.29 is 23.4 Å². The maximum absolute atomic E-state index is 13.9. The molecule has 0 amide bonds. The normalized spacial score (nSPS) is 10.9. The van der Waals surface area contributed by atoms with Crippen molar-refractivity contribution in [3.05, 3.63) is 47.3 Å². The van der Waals surface area contributed by atoms with Gasteiger partial charge in [-0.1, -0.05) is 0 Å². The maximum atomic E-state index is 13.9. The number of rotatable bonds is 6. The number of nitrogens with zero attached hydrogens (tertiary/aromatic N) is 1. The monoisotopic (exact) mass is 340 g/mol. The first-order valence-electron chi connectivity index (χ1n) is 7.41. The van der Waals surface area contributed by atoms with E-state index < -0.39 is 17.5 Å². The maximum Gasteiger partial charge on any atom is 0.194 e. The Labute approximate surface area is 137 Å². The summed E-state index contributed by atoms with van der Waals surface area (Å²) in [5.74, 6) is -4.07. The number of nitrogens with two attached hydrogens (primary N) is 1. The summed E-state index contributed by atoms with van der Waals surface area (Å²) < 4.78 is 41.0. The molecule has 0 aliphatic carbocycles. The minimum Gasteiger partial charge on any atom is -0.399 e. The first-order chi connectivity index (χ1) is 11.4. The lowest BCUT2D eigenvalue weighted by Gasteiger charge is -2.26. The first kappa shape index (κ1) is 18.1. The zero-order valence-electron chi connectivity index (χ0n) is 13.2. The average Bonchev–Trinajstić information content (AvgIpc) is 2.56. The molecule has 2 aromatic carbocycles. The van der Waals surface area contributed by atoms with Crippen molar-refractivity contribution in [2.24, 2.45) is 0 Å². The highest BCUT2D eigenvalue weighted by molar-refractivity contribution is 5.83. The van der Waals surface area contributed by atoms with E-state index in [9.17, 15) is 23.4 Å². The van der Waals surface area contributed by atoms with E-state index in [2.05, 4.69) is 0 Å². The number of anilines is 2. The lowest BCUT2D eigenvalue weighted by atomic mass is 9.96. The summed E-state index contributed by atoms with van der Waals surface area (Å²) in [6.45, 7) is 1.43. The number of halogens is 3. The van der Waals surface area contributed by atoms with E-state index in [-0.39, 0.29) is 37.4 Å². The third kappa shape index (κ3) is 3.47. The Hall–Kier alpha value is -2.25. The molecule has 24 heavy (non-hydrogen) atoms. The van der Waals surface area contributed by atoms with E-state index in [0.29, 0.717) is 16.9 Å². The molecule has 130 valence electrons. The molecule has 0 spiro atoms. The van der Waals surface area contributed by atoms with E-state index in [1.165, 1.54) is 13.0 Å². The average molecular weight is 340 g/mol. The van der Waals surface area contributed by atoms with E-state index >= 15 is 0 Å². The van der Waals surface area contributed by atoms with Crippen LogP contribution in [0, 0.1) is 24.4 Å². The van der Waals surface area contributed by atoms with Gasteiger partial charge in [-0.15, -0.1) is 0 Å². The topological polar surface area (TPSA) is 69.7 Å². The van der Waals surface area contributed by atoms with Crippen molar-refractivity contribution in [3.8, 4) is 11.1 Å². The van der Waals surface area contributed by atoms with Gasteiger partial charge in [0.2, 0.25) is 0 Å². The highest BCUT2D eigenvalue weighted by Crippen LogP contribution is 2.36. The van der Waals surface area contributed by atoms with Gasteiger partial charge in [-0.2, -0.15) is 0 Å². The molecule has 0 fully saturated rings. The quantitative estimate of drug-likeness (QED) is 0.558. The van der Waals surface area contributed by atoms with Crippen molar-refractivity contribution in [1.82, 2.24) is 0 Å². The van der Waals surface area contributed by atoms with Gasteiger partial charge in [-0.25, -0.2) is 13.2 Å². The Morgan fingerprint density at radius 1 is 0.958 bits per heavy atom. The third-order valence-corrected chi connectivity index (χ3v) is 3.80. The number of nitrogen functional groups attached to an aromatic ring is 1. The largest absolute Gasteiger partial charge is 0.399 e. The van der Waals surface area contributed by atoms with E-state index in [1.54, 1.807) is 17.0 Å². The van der Waals surface area contributed by atoms with Crippen molar-refractivity contribution in [3.63, 3.8) is 0 Å². The molecule has 0 saturated heterocycles. The predicted molar refractivity (Wildman–Crippen MR) is 87.3 cm³/mol. The summed E-state index contributed by atoms with van der Waals surface area (Å²) in [6, 6.07) is 5.68. The van der Waals surface area contributed by atoms with Crippen LogP contribution >= 0.6 is 0 Å². The summed E-state index contributed by atoms with van der Waals surface area (Å²) >= 11 is 0. The molecule has 7 heteroatoms. The second-order valence-corrected chi connectivity index (χ2v) is 5.37. The second kappa shape index (κ2) is 7.55. The van der Waals surface area contributed by atoms with Crippen molar-refractivity contribution in [1.29, 1.82) is 0 Å². The molecule has 4 N–H and O–H groups in total. The molecule has 0 heterocycles. The van der Waals surface area contributed by atoms with E-state index in [0.717, 1.165) is 6.07 Å². The van der Waals surface area contributed by atoms with Gasteiger partial charge in [0.25, 0.3) is 0 Å². The lowest BCUT2D eigenvalue weighted by Crippen LogP contribution is -2.30. The number of aliphatic hydroxyl groups is 2. The highest BCUT2D eigenvalue weighted by Gasteiger charge is 2.20. The van der Waals surface area contributed by atoms with Crippen LogP contribution in [0.4, 0.5) is 24.5 Å². The Balaban J connectivity index is 2.68. The molecular formula is C17H19F3N2O2. The van der Waals surface area contributed by atoms with Crippen LogP contribution in [-0.4, -0.2) is 36.5 Å². The zero-order chi connectivity index (χ0) is 17.9. The third-order valence-electron chi connectivity index (χ3n) is 3.80. The Morgan fingerprint density at radius 2 is 1.58 bits per heavy atom. The Kier molecular flexibility index (Phi) is 5.69. The van der Waals surface area contributed by atoms with Crippen LogP contribution in [-0.2, 0) is 0 Å². The minimum atomic E-state index is -1.52. The molecule has 0 atom stereocenters. The van der Waals surface area contributed by atoms with Gasteiger partial charge in [0.05, 0.1) is 13.2 Å². The van der Waals surface area contributed by atoms with Gasteiger partial charge < -0.3 is 20.8 Å². The molecule has 0 aliphatic rings. The fourth-order valence-electron chi connectivity index (χ4n) is 2.61. The van der Waals surface area contributed by atoms with Crippen molar-refractivity contribution in [2.45, 2.75) is 6.92 Å². The predicted octanol–water partition coefficient (Wildman–Crippen LogP) is 2.45. The van der Waals surface area contributed by atoms with Crippen LogP contribution in [0.25, 0.3) is 11.1 Å². The molecule has 0 saturated carbocycles.